The lowest BCUT2D eigenvalue weighted by atomic mass is 10.1. The van der Waals surface area contributed by atoms with E-state index in [9.17, 15) is 9.18 Å². The first kappa shape index (κ1) is 9.77. The van der Waals surface area contributed by atoms with Gasteiger partial charge in [-0.05, 0) is 24.3 Å². The third-order valence-electron chi connectivity index (χ3n) is 2.52. The molecule has 5 heteroatoms. The van der Waals surface area contributed by atoms with Gasteiger partial charge in [0.25, 0.3) is 5.56 Å². The predicted molar refractivity (Wildman–Crippen MR) is 61.2 cm³/mol. The minimum absolute atomic E-state index is 0.195. The van der Waals surface area contributed by atoms with Crippen LogP contribution in [-0.2, 0) is 0 Å². The quantitative estimate of drug-likeness (QED) is 0.692. The molecule has 0 aliphatic rings. The molecule has 0 fully saturated rings. The summed E-state index contributed by atoms with van der Waals surface area (Å²) in [6.45, 7) is 0. The van der Waals surface area contributed by atoms with Crippen LogP contribution in [0.15, 0.2) is 47.4 Å². The van der Waals surface area contributed by atoms with Gasteiger partial charge in [0, 0.05) is 23.9 Å². The van der Waals surface area contributed by atoms with Crippen LogP contribution in [0.25, 0.3) is 16.9 Å². The highest BCUT2D eigenvalue weighted by atomic mass is 19.1. The van der Waals surface area contributed by atoms with E-state index < -0.39 is 0 Å². The first-order valence-electron chi connectivity index (χ1n) is 5.07. The Morgan fingerprint density at radius 2 is 1.94 bits per heavy atom. The zero-order chi connectivity index (χ0) is 11.8. The van der Waals surface area contributed by atoms with Crippen molar-refractivity contribution >= 4 is 5.65 Å². The number of fused-ring (bicyclic) bond motifs is 1. The first-order chi connectivity index (χ1) is 8.24. The standard InChI is InChI=1S/C12H8FN3O/c13-9-3-1-8(2-4-9)10-7-12(17)16-11(15-10)5-6-14-16/h1-7,14H. The summed E-state index contributed by atoms with van der Waals surface area (Å²) in [7, 11) is 0. The maximum Gasteiger partial charge on any atom is 0.273 e. The van der Waals surface area contributed by atoms with Crippen molar-refractivity contribution in [3.8, 4) is 11.3 Å². The van der Waals surface area contributed by atoms with Gasteiger partial charge in [-0.1, -0.05) is 0 Å². The number of hydrogen-bond donors (Lipinski definition) is 1. The second kappa shape index (κ2) is 3.55. The SMILES string of the molecule is O=c1cc(-c2ccc(F)cc2)nc2cc[nH]n12. The molecule has 0 saturated carbocycles. The van der Waals surface area contributed by atoms with Crippen molar-refractivity contribution in [3.63, 3.8) is 0 Å². The Hall–Kier alpha value is -2.43. The van der Waals surface area contributed by atoms with E-state index in [4.69, 9.17) is 0 Å². The Bertz CT molecular complexity index is 727. The van der Waals surface area contributed by atoms with Gasteiger partial charge in [0.05, 0.1) is 5.69 Å². The van der Waals surface area contributed by atoms with Gasteiger partial charge in [0.1, 0.15) is 5.82 Å². The molecule has 2 heterocycles. The van der Waals surface area contributed by atoms with Crippen molar-refractivity contribution < 1.29 is 4.39 Å². The fraction of sp³-hybridized carbons (Fsp3) is 0. The predicted octanol–water partition coefficient (Wildman–Crippen LogP) is 1.83. The smallest absolute Gasteiger partial charge is 0.273 e. The monoisotopic (exact) mass is 229 g/mol. The van der Waals surface area contributed by atoms with Crippen LogP contribution in [-0.4, -0.2) is 14.6 Å². The van der Waals surface area contributed by atoms with E-state index in [1.807, 2.05) is 0 Å². The second-order valence-electron chi connectivity index (χ2n) is 3.64. The Morgan fingerprint density at radius 1 is 1.18 bits per heavy atom. The van der Waals surface area contributed by atoms with Crippen LogP contribution >= 0.6 is 0 Å². The number of rotatable bonds is 1. The van der Waals surface area contributed by atoms with E-state index in [1.165, 1.54) is 22.7 Å². The van der Waals surface area contributed by atoms with Crippen molar-refractivity contribution in [2.24, 2.45) is 0 Å². The number of benzene rings is 1. The summed E-state index contributed by atoms with van der Waals surface area (Å²) < 4.78 is 14.1. The number of nitrogens with zero attached hydrogens (tertiary/aromatic N) is 2. The fourth-order valence-corrected chi connectivity index (χ4v) is 1.70. The van der Waals surface area contributed by atoms with Crippen molar-refractivity contribution in [1.82, 2.24) is 14.6 Å². The molecule has 2 aromatic heterocycles. The molecule has 4 nitrogen and oxygen atoms in total. The van der Waals surface area contributed by atoms with E-state index in [0.717, 1.165) is 0 Å². The summed E-state index contributed by atoms with van der Waals surface area (Å²) in [4.78, 5) is 16.0. The Morgan fingerprint density at radius 3 is 2.71 bits per heavy atom. The van der Waals surface area contributed by atoms with Crippen molar-refractivity contribution in [1.29, 1.82) is 0 Å². The summed E-state index contributed by atoms with van der Waals surface area (Å²) >= 11 is 0. The number of nitrogens with one attached hydrogen (secondary N) is 1. The molecule has 1 N–H and O–H groups in total. The molecule has 0 bridgehead atoms. The van der Waals surface area contributed by atoms with Crippen LogP contribution < -0.4 is 5.56 Å². The zero-order valence-electron chi connectivity index (χ0n) is 8.72. The number of halogens is 1. The number of hydrogen-bond acceptors (Lipinski definition) is 2. The van der Waals surface area contributed by atoms with Gasteiger partial charge in [0.2, 0.25) is 0 Å². The number of aromatic amines is 1. The van der Waals surface area contributed by atoms with E-state index in [2.05, 4.69) is 10.1 Å². The molecule has 0 amide bonds. The lowest BCUT2D eigenvalue weighted by Gasteiger charge is -2.00. The molecule has 3 rings (SSSR count). The maximum absolute atomic E-state index is 12.8. The second-order valence-corrected chi connectivity index (χ2v) is 3.64. The average Bonchev–Trinajstić information content (AvgIpc) is 2.78. The molecule has 0 radical (unpaired) electrons. The largest absolute Gasteiger partial charge is 0.297 e. The van der Waals surface area contributed by atoms with Crippen LogP contribution in [0, 0.1) is 5.82 Å². The minimum Gasteiger partial charge on any atom is -0.297 e. The first-order valence-corrected chi connectivity index (χ1v) is 5.07. The Kier molecular flexibility index (Phi) is 2.04. The van der Waals surface area contributed by atoms with Crippen LogP contribution in [0.2, 0.25) is 0 Å². The van der Waals surface area contributed by atoms with Crippen molar-refractivity contribution in [2.75, 3.05) is 0 Å². The van der Waals surface area contributed by atoms with Gasteiger partial charge < -0.3 is 0 Å². The zero-order valence-corrected chi connectivity index (χ0v) is 8.72. The molecular formula is C12H8FN3O. The maximum atomic E-state index is 12.8. The molecule has 1 aromatic carbocycles. The van der Waals surface area contributed by atoms with E-state index in [0.29, 0.717) is 16.9 Å². The van der Waals surface area contributed by atoms with Crippen molar-refractivity contribution in [2.45, 2.75) is 0 Å². The van der Waals surface area contributed by atoms with Gasteiger partial charge in [-0.15, -0.1) is 0 Å². The highest BCUT2D eigenvalue weighted by molar-refractivity contribution is 5.61. The van der Waals surface area contributed by atoms with Gasteiger partial charge in [-0.25, -0.2) is 13.9 Å². The number of H-pyrrole nitrogens is 1. The summed E-state index contributed by atoms with van der Waals surface area (Å²) in [5.74, 6) is -0.312. The number of aromatic nitrogens is 3. The van der Waals surface area contributed by atoms with Crippen LogP contribution in [0.5, 0.6) is 0 Å². The molecule has 0 aliphatic heterocycles. The molecule has 0 spiro atoms. The van der Waals surface area contributed by atoms with Gasteiger partial charge in [0.15, 0.2) is 5.65 Å². The minimum atomic E-state index is -0.312. The van der Waals surface area contributed by atoms with E-state index >= 15 is 0 Å². The molecule has 84 valence electrons. The van der Waals surface area contributed by atoms with Gasteiger partial charge in [-0.2, -0.15) is 0 Å². The van der Waals surface area contributed by atoms with Crippen LogP contribution in [0.4, 0.5) is 4.39 Å². The lowest BCUT2D eigenvalue weighted by Crippen LogP contribution is -2.13. The fourth-order valence-electron chi connectivity index (χ4n) is 1.70. The summed E-state index contributed by atoms with van der Waals surface area (Å²) in [5.41, 5.74) is 1.60. The highest BCUT2D eigenvalue weighted by Crippen LogP contribution is 2.16. The topological polar surface area (TPSA) is 50.2 Å². The molecule has 17 heavy (non-hydrogen) atoms. The third kappa shape index (κ3) is 1.61. The lowest BCUT2D eigenvalue weighted by molar-refractivity contribution is 0.628. The molecule has 0 aliphatic carbocycles. The van der Waals surface area contributed by atoms with Crippen LogP contribution in [0.3, 0.4) is 0 Å². The Labute approximate surface area is 95.3 Å². The van der Waals surface area contributed by atoms with E-state index in [-0.39, 0.29) is 11.4 Å². The molecule has 0 saturated heterocycles. The van der Waals surface area contributed by atoms with E-state index in [1.54, 1.807) is 24.4 Å². The van der Waals surface area contributed by atoms with Crippen LogP contribution in [0.1, 0.15) is 0 Å². The van der Waals surface area contributed by atoms with Crippen molar-refractivity contribution in [3.05, 3.63) is 58.8 Å². The highest BCUT2D eigenvalue weighted by Gasteiger charge is 2.05. The molecule has 3 aromatic rings. The summed E-state index contributed by atoms with van der Waals surface area (Å²) in [6.07, 6.45) is 1.64. The van der Waals surface area contributed by atoms with Gasteiger partial charge in [-0.3, -0.25) is 9.89 Å². The molecular weight excluding hydrogens is 221 g/mol. The third-order valence-corrected chi connectivity index (χ3v) is 2.52. The van der Waals surface area contributed by atoms with Gasteiger partial charge >= 0.3 is 0 Å². The summed E-state index contributed by atoms with van der Waals surface area (Å²) in [6, 6.07) is 9.00. The summed E-state index contributed by atoms with van der Waals surface area (Å²) in [5, 5.41) is 2.76. The average molecular weight is 229 g/mol. The molecule has 0 atom stereocenters. The normalized spacial score (nSPS) is 10.9. The molecule has 0 unspecified atom stereocenters. The Balaban J connectivity index is 2.23.